The summed E-state index contributed by atoms with van der Waals surface area (Å²) >= 11 is 0. The highest BCUT2D eigenvalue weighted by Crippen LogP contribution is 2.28. The maximum absolute atomic E-state index is 13.2. The van der Waals surface area contributed by atoms with Gasteiger partial charge in [-0.15, -0.1) is 0 Å². The molecular weight excluding hydrogens is 358 g/mol. The predicted molar refractivity (Wildman–Crippen MR) is 106 cm³/mol. The highest BCUT2D eigenvalue weighted by molar-refractivity contribution is 7.91. The number of hydrogen-bond donors (Lipinski definition) is 1. The van der Waals surface area contributed by atoms with Crippen LogP contribution in [0, 0.1) is 6.92 Å². The molecule has 138 valence electrons. The van der Waals surface area contributed by atoms with Crippen molar-refractivity contribution in [2.24, 2.45) is 0 Å². The van der Waals surface area contributed by atoms with E-state index in [4.69, 9.17) is 0 Å². The molecule has 3 rings (SSSR count). The summed E-state index contributed by atoms with van der Waals surface area (Å²) in [7, 11) is -3.66. The van der Waals surface area contributed by atoms with Gasteiger partial charge in [0.25, 0.3) is 5.91 Å². The van der Waals surface area contributed by atoms with E-state index < -0.39 is 15.1 Å². The fraction of sp³-hybridized carbons (Fsp3) is 0.136. The molecule has 0 aliphatic heterocycles. The fourth-order valence-corrected chi connectivity index (χ4v) is 4.64. The summed E-state index contributed by atoms with van der Waals surface area (Å²) in [5.41, 5.74) is 2.03. The number of nitrogens with one attached hydrogen (secondary N) is 1. The molecule has 0 unspecified atom stereocenters. The first kappa shape index (κ1) is 18.9. The van der Waals surface area contributed by atoms with Crippen LogP contribution in [0.4, 0.5) is 0 Å². The van der Waals surface area contributed by atoms with E-state index in [1.807, 2.05) is 25.1 Å². The van der Waals surface area contributed by atoms with Crippen molar-refractivity contribution < 1.29 is 13.2 Å². The standard InChI is InChI=1S/C22H21NO3S/c1-17-10-8-9-15-20(17)22(24)23-16-21(18-11-4-2-5-12-18)27(25,26)19-13-6-3-7-14-19/h2-15,21H,16H2,1H3,(H,23,24)/t21-/m0/s1. The SMILES string of the molecule is Cc1ccccc1C(=O)NC[C@@H](c1ccccc1)S(=O)(=O)c1ccccc1. The van der Waals surface area contributed by atoms with E-state index >= 15 is 0 Å². The third kappa shape index (κ3) is 4.26. The van der Waals surface area contributed by atoms with Gasteiger partial charge in [0.05, 0.1) is 4.90 Å². The number of aryl methyl sites for hydroxylation is 1. The Kier molecular flexibility index (Phi) is 5.72. The van der Waals surface area contributed by atoms with Gasteiger partial charge in [-0.3, -0.25) is 4.79 Å². The molecule has 3 aromatic rings. The average molecular weight is 379 g/mol. The van der Waals surface area contributed by atoms with Crippen LogP contribution in [-0.2, 0) is 9.84 Å². The molecule has 0 saturated carbocycles. The molecular formula is C22H21NO3S. The summed E-state index contributed by atoms with van der Waals surface area (Å²) in [6.07, 6.45) is 0. The zero-order valence-corrected chi connectivity index (χ0v) is 15.8. The smallest absolute Gasteiger partial charge is 0.251 e. The van der Waals surface area contributed by atoms with E-state index in [2.05, 4.69) is 5.32 Å². The fourth-order valence-electron chi connectivity index (χ4n) is 2.96. The topological polar surface area (TPSA) is 63.2 Å². The van der Waals surface area contributed by atoms with Gasteiger partial charge in [-0.1, -0.05) is 66.7 Å². The molecule has 27 heavy (non-hydrogen) atoms. The van der Waals surface area contributed by atoms with Gasteiger partial charge >= 0.3 is 0 Å². The molecule has 1 atom stereocenters. The Hall–Kier alpha value is -2.92. The summed E-state index contributed by atoms with van der Waals surface area (Å²) in [6, 6.07) is 24.5. The summed E-state index contributed by atoms with van der Waals surface area (Å²) in [6.45, 7) is 1.85. The zero-order chi connectivity index (χ0) is 19.3. The van der Waals surface area contributed by atoms with Crippen molar-refractivity contribution in [1.82, 2.24) is 5.32 Å². The van der Waals surface area contributed by atoms with E-state index in [0.29, 0.717) is 11.1 Å². The summed E-state index contributed by atoms with van der Waals surface area (Å²) in [5, 5.41) is 1.93. The number of carbonyl (C=O) groups is 1. The first-order chi connectivity index (χ1) is 13.0. The quantitative estimate of drug-likeness (QED) is 0.706. The average Bonchev–Trinajstić information content (AvgIpc) is 2.69. The third-order valence-electron chi connectivity index (χ3n) is 4.46. The normalized spacial score (nSPS) is 12.3. The molecule has 0 radical (unpaired) electrons. The van der Waals surface area contributed by atoms with Crippen molar-refractivity contribution >= 4 is 15.7 Å². The second kappa shape index (κ2) is 8.18. The number of rotatable bonds is 6. The lowest BCUT2D eigenvalue weighted by atomic mass is 10.1. The molecule has 1 N–H and O–H groups in total. The van der Waals surface area contributed by atoms with Gasteiger partial charge < -0.3 is 5.32 Å². The van der Waals surface area contributed by atoms with Gasteiger partial charge in [-0.05, 0) is 36.2 Å². The molecule has 0 aliphatic carbocycles. The van der Waals surface area contributed by atoms with Gasteiger partial charge in [0.2, 0.25) is 0 Å². The Morgan fingerprint density at radius 1 is 0.852 bits per heavy atom. The number of amides is 1. The Labute approximate surface area is 159 Å². The molecule has 0 aromatic heterocycles. The first-order valence-electron chi connectivity index (χ1n) is 8.68. The van der Waals surface area contributed by atoms with Crippen molar-refractivity contribution in [1.29, 1.82) is 0 Å². The van der Waals surface area contributed by atoms with Crippen LogP contribution < -0.4 is 5.32 Å². The van der Waals surface area contributed by atoms with Gasteiger partial charge in [0.15, 0.2) is 9.84 Å². The minimum Gasteiger partial charge on any atom is -0.350 e. The Bertz CT molecular complexity index is 1020. The highest BCUT2D eigenvalue weighted by Gasteiger charge is 2.29. The van der Waals surface area contributed by atoms with Crippen LogP contribution in [0.25, 0.3) is 0 Å². The van der Waals surface area contributed by atoms with Gasteiger partial charge in [0.1, 0.15) is 5.25 Å². The summed E-state index contributed by atoms with van der Waals surface area (Å²) in [4.78, 5) is 12.8. The lowest BCUT2D eigenvalue weighted by molar-refractivity contribution is 0.0953. The van der Waals surface area contributed by atoms with E-state index in [1.165, 1.54) is 0 Å². The van der Waals surface area contributed by atoms with Crippen molar-refractivity contribution in [2.45, 2.75) is 17.1 Å². The van der Waals surface area contributed by atoms with Gasteiger partial charge in [-0.25, -0.2) is 8.42 Å². The monoisotopic (exact) mass is 379 g/mol. The second-order valence-corrected chi connectivity index (χ2v) is 8.41. The maximum Gasteiger partial charge on any atom is 0.251 e. The minimum atomic E-state index is -3.66. The van der Waals surface area contributed by atoms with Crippen LogP contribution in [0.2, 0.25) is 0 Å². The molecule has 3 aromatic carbocycles. The van der Waals surface area contributed by atoms with Crippen molar-refractivity contribution in [3.05, 3.63) is 102 Å². The molecule has 4 nitrogen and oxygen atoms in total. The third-order valence-corrected chi connectivity index (χ3v) is 6.57. The largest absolute Gasteiger partial charge is 0.350 e. The van der Waals surface area contributed by atoms with Crippen LogP contribution in [0.15, 0.2) is 89.8 Å². The minimum absolute atomic E-state index is 0.00555. The maximum atomic E-state index is 13.2. The zero-order valence-electron chi connectivity index (χ0n) is 15.0. The molecule has 0 aliphatic rings. The number of hydrogen-bond acceptors (Lipinski definition) is 3. The Morgan fingerprint density at radius 2 is 1.41 bits per heavy atom. The van der Waals surface area contributed by atoms with E-state index in [9.17, 15) is 13.2 Å². The van der Waals surface area contributed by atoms with Gasteiger partial charge in [-0.2, -0.15) is 0 Å². The second-order valence-electron chi connectivity index (χ2n) is 6.28. The number of benzene rings is 3. The van der Waals surface area contributed by atoms with Crippen LogP contribution in [0.1, 0.15) is 26.7 Å². The molecule has 0 heterocycles. The van der Waals surface area contributed by atoms with E-state index in [-0.39, 0.29) is 17.3 Å². The summed E-state index contributed by atoms with van der Waals surface area (Å²) < 4.78 is 26.4. The van der Waals surface area contributed by atoms with Crippen LogP contribution in [-0.4, -0.2) is 20.9 Å². The van der Waals surface area contributed by atoms with E-state index in [1.54, 1.807) is 66.7 Å². The molecule has 0 spiro atoms. The van der Waals surface area contributed by atoms with Crippen LogP contribution >= 0.6 is 0 Å². The molecule has 0 bridgehead atoms. The van der Waals surface area contributed by atoms with Crippen molar-refractivity contribution in [3.63, 3.8) is 0 Å². The van der Waals surface area contributed by atoms with Crippen LogP contribution in [0.5, 0.6) is 0 Å². The van der Waals surface area contributed by atoms with Gasteiger partial charge in [0, 0.05) is 12.1 Å². The Morgan fingerprint density at radius 3 is 2.04 bits per heavy atom. The van der Waals surface area contributed by atoms with E-state index in [0.717, 1.165) is 5.56 Å². The van der Waals surface area contributed by atoms with Crippen molar-refractivity contribution in [3.8, 4) is 0 Å². The predicted octanol–water partition coefficient (Wildman–Crippen LogP) is 3.94. The number of carbonyl (C=O) groups excluding carboxylic acids is 1. The Balaban J connectivity index is 1.90. The van der Waals surface area contributed by atoms with Crippen LogP contribution in [0.3, 0.4) is 0 Å². The number of sulfone groups is 1. The molecule has 5 heteroatoms. The molecule has 0 fully saturated rings. The summed E-state index contributed by atoms with van der Waals surface area (Å²) in [5.74, 6) is -0.280. The molecule has 1 amide bonds. The highest BCUT2D eigenvalue weighted by atomic mass is 32.2. The lowest BCUT2D eigenvalue weighted by Gasteiger charge is -2.19. The first-order valence-corrected chi connectivity index (χ1v) is 10.2. The molecule has 0 saturated heterocycles. The van der Waals surface area contributed by atoms with Crippen molar-refractivity contribution in [2.75, 3.05) is 6.54 Å². The lowest BCUT2D eigenvalue weighted by Crippen LogP contribution is -2.32.